The predicted molar refractivity (Wildman–Crippen MR) is 58.2 cm³/mol. The van der Waals surface area contributed by atoms with Crippen LogP contribution in [0, 0.1) is 6.92 Å². The van der Waals surface area contributed by atoms with Crippen LogP contribution in [0.25, 0.3) is 0 Å². The van der Waals surface area contributed by atoms with Crippen molar-refractivity contribution < 1.29 is 4.42 Å². The van der Waals surface area contributed by atoms with Gasteiger partial charge >= 0.3 is 0 Å². The third-order valence-electron chi connectivity index (χ3n) is 1.96. The van der Waals surface area contributed by atoms with Crippen LogP contribution in [-0.4, -0.2) is 18.6 Å². The second-order valence-electron chi connectivity index (χ2n) is 3.05. The monoisotopic (exact) mass is 199 g/mol. The molecule has 1 heterocycles. The Morgan fingerprint density at radius 2 is 2.38 bits per heavy atom. The van der Waals surface area contributed by atoms with Crippen LogP contribution >= 0.6 is 11.8 Å². The summed E-state index contributed by atoms with van der Waals surface area (Å²) in [6, 6.07) is 2.00. The highest BCUT2D eigenvalue weighted by Gasteiger charge is 1.99. The maximum Gasteiger partial charge on any atom is 0.120 e. The zero-order chi connectivity index (χ0) is 9.52. The van der Waals surface area contributed by atoms with Gasteiger partial charge < -0.3 is 9.73 Å². The molecule has 0 aliphatic heterocycles. The molecule has 1 aromatic rings. The first-order valence-corrected chi connectivity index (χ1v) is 5.96. The van der Waals surface area contributed by atoms with Gasteiger partial charge in [0.15, 0.2) is 0 Å². The average Bonchev–Trinajstić information content (AvgIpc) is 2.52. The van der Waals surface area contributed by atoms with Gasteiger partial charge in [0.1, 0.15) is 5.76 Å². The molecule has 0 radical (unpaired) electrons. The lowest BCUT2D eigenvalue weighted by atomic mass is 10.3. The lowest BCUT2D eigenvalue weighted by Gasteiger charge is -2.02. The predicted octanol–water partition coefficient (Wildman–Crippen LogP) is 2.43. The Hall–Kier alpha value is -0.410. The number of nitrogens with one attached hydrogen (secondary N) is 1. The van der Waals surface area contributed by atoms with E-state index in [1.807, 2.05) is 17.8 Å². The molecule has 0 amide bonds. The van der Waals surface area contributed by atoms with Gasteiger partial charge in [-0.1, -0.05) is 0 Å². The van der Waals surface area contributed by atoms with Gasteiger partial charge in [-0.05, 0) is 43.5 Å². The van der Waals surface area contributed by atoms with Crippen molar-refractivity contribution >= 4 is 11.8 Å². The highest BCUT2D eigenvalue weighted by Crippen LogP contribution is 2.07. The Morgan fingerprint density at radius 1 is 1.54 bits per heavy atom. The molecule has 13 heavy (non-hydrogen) atoms. The van der Waals surface area contributed by atoms with E-state index in [1.54, 1.807) is 6.26 Å². The highest BCUT2D eigenvalue weighted by molar-refractivity contribution is 7.98. The summed E-state index contributed by atoms with van der Waals surface area (Å²) in [5.41, 5.74) is 1.23. The van der Waals surface area contributed by atoms with Crippen molar-refractivity contribution in [3.8, 4) is 0 Å². The third kappa shape index (κ3) is 3.87. The van der Waals surface area contributed by atoms with Crippen LogP contribution in [0.2, 0.25) is 0 Å². The van der Waals surface area contributed by atoms with Gasteiger partial charge in [0, 0.05) is 0 Å². The molecule has 0 aliphatic carbocycles. The Morgan fingerprint density at radius 3 is 3.00 bits per heavy atom. The fourth-order valence-electron chi connectivity index (χ4n) is 1.13. The van der Waals surface area contributed by atoms with Crippen molar-refractivity contribution in [2.75, 3.05) is 18.6 Å². The van der Waals surface area contributed by atoms with E-state index >= 15 is 0 Å². The van der Waals surface area contributed by atoms with E-state index in [-0.39, 0.29) is 0 Å². The minimum atomic E-state index is 0.854. The number of thioether (sulfide) groups is 1. The van der Waals surface area contributed by atoms with Crippen LogP contribution in [-0.2, 0) is 6.54 Å². The maximum atomic E-state index is 5.30. The van der Waals surface area contributed by atoms with Gasteiger partial charge in [0.25, 0.3) is 0 Å². The number of aryl methyl sites for hydroxylation is 1. The van der Waals surface area contributed by atoms with Crippen LogP contribution in [0.4, 0.5) is 0 Å². The fourth-order valence-corrected chi connectivity index (χ4v) is 1.56. The SMILES string of the molecule is CSCCCNCc1occc1C. The summed E-state index contributed by atoms with van der Waals surface area (Å²) in [4.78, 5) is 0. The smallest absolute Gasteiger partial charge is 0.120 e. The summed E-state index contributed by atoms with van der Waals surface area (Å²) in [5.74, 6) is 2.29. The number of furan rings is 1. The van der Waals surface area contributed by atoms with Gasteiger partial charge in [-0.15, -0.1) is 0 Å². The highest BCUT2D eigenvalue weighted by atomic mass is 32.2. The molecule has 0 aromatic carbocycles. The molecule has 0 atom stereocenters. The van der Waals surface area contributed by atoms with Crippen molar-refractivity contribution in [1.82, 2.24) is 5.32 Å². The molecule has 0 fully saturated rings. The average molecular weight is 199 g/mol. The molecule has 1 rings (SSSR count). The summed E-state index contributed by atoms with van der Waals surface area (Å²) in [7, 11) is 0. The minimum Gasteiger partial charge on any atom is -0.468 e. The van der Waals surface area contributed by atoms with Crippen molar-refractivity contribution in [2.24, 2.45) is 0 Å². The molecule has 2 nitrogen and oxygen atoms in total. The second-order valence-corrected chi connectivity index (χ2v) is 4.04. The Bertz CT molecular complexity index is 235. The van der Waals surface area contributed by atoms with Crippen molar-refractivity contribution in [3.63, 3.8) is 0 Å². The molecule has 0 spiro atoms. The lowest BCUT2D eigenvalue weighted by Crippen LogP contribution is -2.15. The summed E-state index contributed by atoms with van der Waals surface area (Å²) < 4.78 is 5.30. The van der Waals surface area contributed by atoms with Crippen LogP contribution in [0.3, 0.4) is 0 Å². The van der Waals surface area contributed by atoms with Crippen LogP contribution in [0.15, 0.2) is 16.7 Å². The van der Waals surface area contributed by atoms with E-state index in [1.165, 1.54) is 17.7 Å². The molecule has 1 aromatic heterocycles. The first-order valence-electron chi connectivity index (χ1n) is 4.57. The fraction of sp³-hybridized carbons (Fsp3) is 0.600. The zero-order valence-electron chi connectivity index (χ0n) is 8.30. The lowest BCUT2D eigenvalue weighted by molar-refractivity contribution is 0.481. The van der Waals surface area contributed by atoms with Gasteiger partial charge in [-0.3, -0.25) is 0 Å². The van der Waals surface area contributed by atoms with Gasteiger partial charge in [-0.25, -0.2) is 0 Å². The molecule has 0 saturated carbocycles. The number of hydrogen-bond donors (Lipinski definition) is 1. The first kappa shape index (κ1) is 10.7. The Labute approximate surface area is 84.1 Å². The molecular formula is C10H17NOS. The van der Waals surface area contributed by atoms with E-state index < -0.39 is 0 Å². The molecule has 1 N–H and O–H groups in total. The molecule has 0 aliphatic rings. The number of hydrogen-bond acceptors (Lipinski definition) is 3. The summed E-state index contributed by atoms with van der Waals surface area (Å²) in [6.07, 6.45) is 5.10. The quantitative estimate of drug-likeness (QED) is 0.712. The molecule has 0 bridgehead atoms. The Kier molecular flexibility index (Phi) is 5.01. The van der Waals surface area contributed by atoms with Crippen LogP contribution < -0.4 is 5.32 Å². The van der Waals surface area contributed by atoms with Crippen molar-refractivity contribution in [2.45, 2.75) is 19.9 Å². The van der Waals surface area contributed by atoms with Gasteiger partial charge in [0.2, 0.25) is 0 Å². The van der Waals surface area contributed by atoms with Gasteiger partial charge in [0.05, 0.1) is 12.8 Å². The molecule has 74 valence electrons. The summed E-state index contributed by atoms with van der Waals surface area (Å²) in [6.45, 7) is 4.00. The standard InChI is InChI=1S/C10H17NOS/c1-9-4-6-12-10(9)8-11-5-3-7-13-2/h4,6,11H,3,5,7-8H2,1-2H3. The molecule has 0 unspecified atom stereocenters. The summed E-state index contributed by atoms with van der Waals surface area (Å²) >= 11 is 1.89. The van der Waals surface area contributed by atoms with E-state index in [2.05, 4.69) is 18.5 Å². The van der Waals surface area contributed by atoms with Crippen LogP contribution in [0.5, 0.6) is 0 Å². The van der Waals surface area contributed by atoms with E-state index in [0.717, 1.165) is 18.8 Å². The topological polar surface area (TPSA) is 25.2 Å². The van der Waals surface area contributed by atoms with E-state index in [9.17, 15) is 0 Å². The van der Waals surface area contributed by atoms with Crippen LogP contribution in [0.1, 0.15) is 17.7 Å². The minimum absolute atomic E-state index is 0.854. The van der Waals surface area contributed by atoms with E-state index in [0.29, 0.717) is 0 Å². The maximum absolute atomic E-state index is 5.30. The number of rotatable bonds is 6. The second kappa shape index (κ2) is 6.11. The molecule has 3 heteroatoms. The largest absolute Gasteiger partial charge is 0.468 e. The van der Waals surface area contributed by atoms with E-state index in [4.69, 9.17) is 4.42 Å². The zero-order valence-corrected chi connectivity index (χ0v) is 9.12. The Balaban J connectivity index is 2.10. The first-order chi connectivity index (χ1) is 6.34. The third-order valence-corrected chi connectivity index (χ3v) is 2.65. The molecule has 0 saturated heterocycles. The van der Waals surface area contributed by atoms with Gasteiger partial charge in [-0.2, -0.15) is 11.8 Å². The van der Waals surface area contributed by atoms with Crippen molar-refractivity contribution in [3.05, 3.63) is 23.7 Å². The normalized spacial score (nSPS) is 10.6. The summed E-state index contributed by atoms with van der Waals surface area (Å²) in [5, 5.41) is 3.36. The van der Waals surface area contributed by atoms with Crippen molar-refractivity contribution in [1.29, 1.82) is 0 Å². The molecular weight excluding hydrogens is 182 g/mol.